The highest BCUT2D eigenvalue weighted by Crippen LogP contribution is 2.36. The van der Waals surface area contributed by atoms with Crippen molar-refractivity contribution < 1.29 is 13.6 Å². The van der Waals surface area contributed by atoms with Gasteiger partial charge >= 0.3 is 0 Å². The van der Waals surface area contributed by atoms with Crippen LogP contribution in [0.15, 0.2) is 74.5 Å². The number of allylic oxidation sites excluding steroid dienone is 4. The standard InChI is InChI=1S/C21H22N4O3S2/c1-24-11-13-25(14-12-24)30(27,28)19-10-9-18(20(22)21(19)23-26)29-17-8-4-6-15-5-2-3-7-16(15)17/h2-10,22,26H,11-14H2,1H3/b22-20?,23-21-. The number of hydrogen-bond donors (Lipinski definition) is 2. The highest BCUT2D eigenvalue weighted by molar-refractivity contribution is 8.04. The molecule has 2 aromatic carbocycles. The van der Waals surface area contributed by atoms with Gasteiger partial charge in [0, 0.05) is 36.0 Å². The summed E-state index contributed by atoms with van der Waals surface area (Å²) in [5, 5.41) is 23.4. The molecular formula is C21H22N4O3S2. The van der Waals surface area contributed by atoms with E-state index in [-0.39, 0.29) is 16.3 Å². The maximum Gasteiger partial charge on any atom is 0.245 e. The Hall–Kier alpha value is -2.46. The van der Waals surface area contributed by atoms with Crippen LogP contribution in [0, 0.1) is 5.41 Å². The van der Waals surface area contributed by atoms with E-state index in [2.05, 4.69) is 10.1 Å². The molecule has 0 spiro atoms. The number of oxime groups is 1. The van der Waals surface area contributed by atoms with Gasteiger partial charge in [-0.2, -0.15) is 4.31 Å². The van der Waals surface area contributed by atoms with Gasteiger partial charge in [-0.25, -0.2) is 8.42 Å². The zero-order chi connectivity index (χ0) is 21.3. The van der Waals surface area contributed by atoms with Crippen molar-refractivity contribution >= 4 is 44.0 Å². The van der Waals surface area contributed by atoms with E-state index in [0.29, 0.717) is 31.1 Å². The number of benzene rings is 2. The Labute approximate surface area is 179 Å². The van der Waals surface area contributed by atoms with Crippen LogP contribution >= 0.6 is 11.8 Å². The number of hydrogen-bond acceptors (Lipinski definition) is 7. The molecule has 0 amide bonds. The lowest BCUT2D eigenvalue weighted by Gasteiger charge is -2.32. The van der Waals surface area contributed by atoms with Crippen LogP contribution in [0.25, 0.3) is 10.8 Å². The molecule has 9 heteroatoms. The normalized spacial score (nSPS) is 20.4. The summed E-state index contributed by atoms with van der Waals surface area (Å²) in [6.07, 6.45) is 3.06. The monoisotopic (exact) mass is 442 g/mol. The van der Waals surface area contributed by atoms with Crippen LogP contribution in [0.5, 0.6) is 0 Å². The van der Waals surface area contributed by atoms with Crippen molar-refractivity contribution in [3.8, 4) is 0 Å². The fourth-order valence-electron chi connectivity index (χ4n) is 3.52. The Morgan fingerprint density at radius 2 is 1.73 bits per heavy atom. The van der Waals surface area contributed by atoms with Crippen molar-refractivity contribution in [1.82, 2.24) is 9.21 Å². The van der Waals surface area contributed by atoms with Gasteiger partial charge in [-0.05, 0) is 36.0 Å². The van der Waals surface area contributed by atoms with E-state index >= 15 is 0 Å². The molecule has 4 rings (SSSR count). The Morgan fingerprint density at radius 1 is 1.03 bits per heavy atom. The lowest BCUT2D eigenvalue weighted by molar-refractivity contribution is 0.223. The molecule has 1 aliphatic carbocycles. The Kier molecular flexibility index (Phi) is 5.79. The quantitative estimate of drug-likeness (QED) is 0.431. The molecule has 0 atom stereocenters. The highest BCUT2D eigenvalue weighted by atomic mass is 32.2. The molecule has 2 aliphatic rings. The molecule has 0 radical (unpaired) electrons. The maximum absolute atomic E-state index is 13.1. The number of piperazine rings is 1. The average Bonchev–Trinajstić information content (AvgIpc) is 2.75. The second kappa shape index (κ2) is 8.35. The van der Waals surface area contributed by atoms with Crippen LogP contribution in [-0.4, -0.2) is 67.5 Å². The fourth-order valence-corrected chi connectivity index (χ4v) is 6.08. The van der Waals surface area contributed by atoms with Gasteiger partial charge in [-0.1, -0.05) is 53.3 Å². The van der Waals surface area contributed by atoms with Crippen molar-refractivity contribution in [2.75, 3.05) is 33.2 Å². The third kappa shape index (κ3) is 3.81. The van der Waals surface area contributed by atoms with Crippen LogP contribution in [0.3, 0.4) is 0 Å². The molecule has 0 bridgehead atoms. The summed E-state index contributed by atoms with van der Waals surface area (Å²) in [5.41, 5.74) is -0.329. The molecule has 156 valence electrons. The largest absolute Gasteiger partial charge is 0.410 e. The van der Waals surface area contributed by atoms with E-state index in [1.165, 1.54) is 22.1 Å². The van der Waals surface area contributed by atoms with Crippen molar-refractivity contribution in [3.63, 3.8) is 0 Å². The minimum Gasteiger partial charge on any atom is -0.410 e. The van der Waals surface area contributed by atoms with Crippen LogP contribution in [0.1, 0.15) is 0 Å². The molecule has 2 N–H and O–H groups in total. The number of nitrogens with zero attached hydrogens (tertiary/aromatic N) is 3. The van der Waals surface area contributed by atoms with E-state index in [9.17, 15) is 13.6 Å². The summed E-state index contributed by atoms with van der Waals surface area (Å²) in [5.74, 6) is 0. The first kappa shape index (κ1) is 20.8. The van der Waals surface area contributed by atoms with Crippen LogP contribution in [0.4, 0.5) is 0 Å². The number of fused-ring (bicyclic) bond motifs is 1. The summed E-state index contributed by atoms with van der Waals surface area (Å²) >= 11 is 1.35. The van der Waals surface area contributed by atoms with Crippen molar-refractivity contribution in [1.29, 1.82) is 5.41 Å². The molecule has 0 unspecified atom stereocenters. The fraction of sp³-hybridized carbons (Fsp3) is 0.238. The Morgan fingerprint density at radius 3 is 2.47 bits per heavy atom. The van der Waals surface area contributed by atoms with E-state index in [4.69, 9.17) is 5.41 Å². The van der Waals surface area contributed by atoms with Crippen LogP contribution < -0.4 is 0 Å². The van der Waals surface area contributed by atoms with Gasteiger partial charge in [-0.3, -0.25) is 5.41 Å². The lowest BCUT2D eigenvalue weighted by Crippen LogP contribution is -2.48. The van der Waals surface area contributed by atoms with Gasteiger partial charge in [0.15, 0.2) is 0 Å². The molecular weight excluding hydrogens is 420 g/mol. The second-order valence-corrected chi connectivity index (χ2v) is 10.2. The zero-order valence-electron chi connectivity index (χ0n) is 16.4. The number of likely N-dealkylation sites (N-methyl/N-ethyl adjacent to an activating group) is 1. The number of rotatable bonds is 4. The van der Waals surface area contributed by atoms with Gasteiger partial charge in [0.1, 0.15) is 10.6 Å². The Balaban J connectivity index is 1.68. The van der Waals surface area contributed by atoms with E-state index in [1.807, 2.05) is 49.5 Å². The average molecular weight is 443 g/mol. The second-order valence-electron chi connectivity index (χ2n) is 7.17. The predicted molar refractivity (Wildman–Crippen MR) is 121 cm³/mol. The van der Waals surface area contributed by atoms with Crippen molar-refractivity contribution in [2.45, 2.75) is 4.90 Å². The van der Waals surface area contributed by atoms with Gasteiger partial charge in [0.25, 0.3) is 0 Å². The SMILES string of the molecule is CN1CCN(S(=O)(=O)C2=CC=C(Sc3cccc4ccccc34)C(=N)/C2=N\O)CC1. The van der Waals surface area contributed by atoms with Gasteiger partial charge < -0.3 is 10.1 Å². The smallest absolute Gasteiger partial charge is 0.245 e. The Bertz CT molecular complexity index is 1190. The lowest BCUT2D eigenvalue weighted by atomic mass is 10.1. The number of nitrogens with one attached hydrogen (secondary N) is 1. The predicted octanol–water partition coefficient (Wildman–Crippen LogP) is 3.14. The van der Waals surface area contributed by atoms with Gasteiger partial charge in [-0.15, -0.1) is 0 Å². The summed E-state index contributed by atoms with van der Waals surface area (Å²) in [6.45, 7) is 1.99. The zero-order valence-corrected chi connectivity index (χ0v) is 18.1. The molecule has 2 aromatic rings. The molecule has 0 saturated carbocycles. The number of thioether (sulfide) groups is 1. The first-order valence-electron chi connectivity index (χ1n) is 9.50. The highest BCUT2D eigenvalue weighted by Gasteiger charge is 2.36. The van der Waals surface area contributed by atoms with E-state index < -0.39 is 10.0 Å². The minimum atomic E-state index is -3.85. The van der Waals surface area contributed by atoms with Crippen molar-refractivity contribution in [3.05, 3.63) is 64.4 Å². The van der Waals surface area contributed by atoms with Crippen LogP contribution in [0.2, 0.25) is 0 Å². The molecule has 1 aliphatic heterocycles. The van der Waals surface area contributed by atoms with Crippen LogP contribution in [-0.2, 0) is 10.0 Å². The van der Waals surface area contributed by atoms with Crippen molar-refractivity contribution in [2.24, 2.45) is 5.16 Å². The van der Waals surface area contributed by atoms with Gasteiger partial charge in [0.05, 0.1) is 5.71 Å². The third-order valence-corrected chi connectivity index (χ3v) is 8.32. The summed E-state index contributed by atoms with van der Waals surface area (Å²) < 4.78 is 27.6. The molecule has 7 nitrogen and oxygen atoms in total. The van der Waals surface area contributed by atoms with E-state index in [1.54, 1.807) is 6.08 Å². The number of sulfonamides is 1. The molecule has 30 heavy (non-hydrogen) atoms. The first-order valence-corrected chi connectivity index (χ1v) is 11.8. The topological polar surface area (TPSA) is 97.1 Å². The molecule has 1 fully saturated rings. The summed E-state index contributed by atoms with van der Waals surface area (Å²) in [6, 6.07) is 13.9. The summed E-state index contributed by atoms with van der Waals surface area (Å²) in [7, 11) is -1.91. The first-order chi connectivity index (χ1) is 14.4. The van der Waals surface area contributed by atoms with Gasteiger partial charge in [0.2, 0.25) is 10.0 Å². The third-order valence-electron chi connectivity index (χ3n) is 5.25. The molecule has 1 heterocycles. The minimum absolute atomic E-state index is 0.106. The maximum atomic E-state index is 13.1. The van der Waals surface area contributed by atoms with E-state index in [0.717, 1.165) is 15.7 Å². The molecule has 0 aromatic heterocycles. The molecule has 1 saturated heterocycles. The summed E-state index contributed by atoms with van der Waals surface area (Å²) in [4.78, 5) is 3.39.